The van der Waals surface area contributed by atoms with E-state index < -0.39 is 0 Å². The molecule has 2 rings (SSSR count). The Hall–Kier alpha value is -0.580. The molecule has 0 bridgehead atoms. The molecule has 0 saturated carbocycles. The molecule has 4 heteroatoms. The average molecular weight is 314 g/mol. The first-order chi connectivity index (χ1) is 8.69. The molecule has 18 heavy (non-hydrogen) atoms. The summed E-state index contributed by atoms with van der Waals surface area (Å²) < 4.78 is 11.8. The molecule has 1 aromatic carbocycles. The predicted octanol–water partition coefficient (Wildman–Crippen LogP) is 2.90. The molecule has 0 aromatic heterocycles. The summed E-state index contributed by atoms with van der Waals surface area (Å²) in [5, 5.41) is 0. The number of methoxy groups -OCH3 is 1. The SMILES string of the molecule is COc1ccc(CC(N)CC2CCCO2)cc1Br. The van der Waals surface area contributed by atoms with Gasteiger partial charge in [0.2, 0.25) is 0 Å². The number of hydrogen-bond donors (Lipinski definition) is 1. The third-order valence-electron chi connectivity index (χ3n) is 3.30. The summed E-state index contributed by atoms with van der Waals surface area (Å²) in [6.45, 7) is 0.894. The summed E-state index contributed by atoms with van der Waals surface area (Å²) in [7, 11) is 1.67. The van der Waals surface area contributed by atoms with Crippen LogP contribution in [0, 0.1) is 0 Å². The van der Waals surface area contributed by atoms with Gasteiger partial charge in [0.25, 0.3) is 0 Å². The van der Waals surface area contributed by atoms with Gasteiger partial charge in [-0.3, -0.25) is 0 Å². The Morgan fingerprint density at radius 2 is 2.39 bits per heavy atom. The quantitative estimate of drug-likeness (QED) is 0.909. The van der Waals surface area contributed by atoms with E-state index in [0.717, 1.165) is 36.1 Å². The smallest absolute Gasteiger partial charge is 0.133 e. The average Bonchev–Trinajstić information content (AvgIpc) is 2.82. The van der Waals surface area contributed by atoms with Crippen LogP contribution in [0.25, 0.3) is 0 Å². The van der Waals surface area contributed by atoms with Crippen LogP contribution in [0.15, 0.2) is 22.7 Å². The van der Waals surface area contributed by atoms with Crippen molar-refractivity contribution in [3.63, 3.8) is 0 Å². The normalized spacial score (nSPS) is 20.9. The van der Waals surface area contributed by atoms with Gasteiger partial charge in [0.05, 0.1) is 17.7 Å². The lowest BCUT2D eigenvalue weighted by atomic mass is 10.0. The number of ether oxygens (including phenoxy) is 2. The molecule has 1 fully saturated rings. The van der Waals surface area contributed by atoms with Crippen LogP contribution in [-0.4, -0.2) is 25.9 Å². The molecule has 2 unspecified atom stereocenters. The Kier molecular flexibility index (Phi) is 5.03. The Labute approximate surface area is 117 Å². The molecule has 1 saturated heterocycles. The van der Waals surface area contributed by atoms with Crippen molar-refractivity contribution in [3.05, 3.63) is 28.2 Å². The Balaban J connectivity index is 1.89. The first-order valence-electron chi connectivity index (χ1n) is 6.38. The van der Waals surface area contributed by atoms with E-state index >= 15 is 0 Å². The van der Waals surface area contributed by atoms with Crippen molar-refractivity contribution in [2.75, 3.05) is 13.7 Å². The van der Waals surface area contributed by atoms with Gasteiger partial charge < -0.3 is 15.2 Å². The van der Waals surface area contributed by atoms with Crippen LogP contribution < -0.4 is 10.5 Å². The third-order valence-corrected chi connectivity index (χ3v) is 3.92. The zero-order chi connectivity index (χ0) is 13.0. The van der Waals surface area contributed by atoms with Crippen molar-refractivity contribution < 1.29 is 9.47 Å². The van der Waals surface area contributed by atoms with E-state index in [4.69, 9.17) is 15.2 Å². The highest BCUT2D eigenvalue weighted by atomic mass is 79.9. The first kappa shape index (κ1) is 13.8. The van der Waals surface area contributed by atoms with Crippen molar-refractivity contribution in [1.29, 1.82) is 0 Å². The number of benzene rings is 1. The molecule has 2 atom stereocenters. The van der Waals surface area contributed by atoms with Crippen molar-refractivity contribution in [2.24, 2.45) is 5.73 Å². The van der Waals surface area contributed by atoms with Crippen molar-refractivity contribution in [1.82, 2.24) is 0 Å². The van der Waals surface area contributed by atoms with E-state index in [-0.39, 0.29) is 6.04 Å². The Morgan fingerprint density at radius 1 is 1.56 bits per heavy atom. The molecule has 1 heterocycles. The second-order valence-electron chi connectivity index (χ2n) is 4.80. The van der Waals surface area contributed by atoms with E-state index in [0.29, 0.717) is 6.10 Å². The molecule has 3 nitrogen and oxygen atoms in total. The van der Waals surface area contributed by atoms with E-state index in [9.17, 15) is 0 Å². The first-order valence-corrected chi connectivity index (χ1v) is 7.18. The zero-order valence-corrected chi connectivity index (χ0v) is 12.3. The Morgan fingerprint density at radius 3 is 3.00 bits per heavy atom. The molecule has 1 aromatic rings. The van der Waals surface area contributed by atoms with Gasteiger partial charge in [-0.25, -0.2) is 0 Å². The third kappa shape index (κ3) is 3.70. The van der Waals surface area contributed by atoms with Crippen molar-refractivity contribution >= 4 is 15.9 Å². The predicted molar refractivity (Wildman–Crippen MR) is 76.0 cm³/mol. The fourth-order valence-electron chi connectivity index (χ4n) is 2.39. The summed E-state index contributed by atoms with van der Waals surface area (Å²) >= 11 is 3.49. The lowest BCUT2D eigenvalue weighted by Crippen LogP contribution is -2.28. The number of halogens is 1. The summed E-state index contributed by atoms with van der Waals surface area (Å²) in [4.78, 5) is 0. The minimum Gasteiger partial charge on any atom is -0.496 e. The lowest BCUT2D eigenvalue weighted by molar-refractivity contribution is 0.0983. The highest BCUT2D eigenvalue weighted by molar-refractivity contribution is 9.10. The fraction of sp³-hybridized carbons (Fsp3) is 0.571. The van der Waals surface area contributed by atoms with Crippen LogP contribution in [0.4, 0.5) is 0 Å². The molecule has 1 aliphatic heterocycles. The van der Waals surface area contributed by atoms with Gasteiger partial charge in [-0.2, -0.15) is 0 Å². The van der Waals surface area contributed by atoms with E-state index in [2.05, 4.69) is 28.1 Å². The number of rotatable bonds is 5. The topological polar surface area (TPSA) is 44.5 Å². The van der Waals surface area contributed by atoms with E-state index in [1.807, 2.05) is 6.07 Å². The second kappa shape index (κ2) is 6.55. The van der Waals surface area contributed by atoms with Crippen LogP contribution in [-0.2, 0) is 11.2 Å². The zero-order valence-electron chi connectivity index (χ0n) is 10.7. The summed E-state index contributed by atoms with van der Waals surface area (Å²) in [6.07, 6.45) is 4.51. The van der Waals surface area contributed by atoms with Gasteiger partial charge in [-0.05, 0) is 59.3 Å². The maximum Gasteiger partial charge on any atom is 0.133 e. The number of nitrogens with two attached hydrogens (primary N) is 1. The maximum atomic E-state index is 6.18. The second-order valence-corrected chi connectivity index (χ2v) is 5.66. The van der Waals surface area contributed by atoms with E-state index in [1.54, 1.807) is 7.11 Å². The standard InChI is InChI=1S/C14H20BrNO2/c1-17-14-5-4-10(8-13(14)15)7-11(16)9-12-3-2-6-18-12/h4-5,8,11-12H,2-3,6-7,9,16H2,1H3. The van der Waals surface area contributed by atoms with Gasteiger partial charge >= 0.3 is 0 Å². The highest BCUT2D eigenvalue weighted by Gasteiger charge is 2.19. The summed E-state index contributed by atoms with van der Waals surface area (Å²) in [5.41, 5.74) is 7.41. The lowest BCUT2D eigenvalue weighted by Gasteiger charge is -2.16. The molecule has 0 radical (unpaired) electrons. The van der Waals surface area contributed by atoms with Gasteiger partial charge in [-0.15, -0.1) is 0 Å². The van der Waals surface area contributed by atoms with Crippen LogP contribution in [0.5, 0.6) is 5.75 Å². The Bertz CT molecular complexity index is 391. The largest absolute Gasteiger partial charge is 0.496 e. The van der Waals surface area contributed by atoms with Gasteiger partial charge in [0.15, 0.2) is 0 Å². The van der Waals surface area contributed by atoms with Gasteiger partial charge in [0.1, 0.15) is 5.75 Å². The van der Waals surface area contributed by atoms with Gasteiger partial charge in [0, 0.05) is 12.6 Å². The fourth-order valence-corrected chi connectivity index (χ4v) is 2.98. The molecule has 2 N–H and O–H groups in total. The molecule has 0 amide bonds. The van der Waals surface area contributed by atoms with Crippen molar-refractivity contribution in [2.45, 2.75) is 37.8 Å². The molecule has 1 aliphatic rings. The highest BCUT2D eigenvalue weighted by Crippen LogP contribution is 2.26. The molecular formula is C14H20BrNO2. The number of hydrogen-bond acceptors (Lipinski definition) is 3. The van der Waals surface area contributed by atoms with Crippen LogP contribution >= 0.6 is 15.9 Å². The molecule has 0 aliphatic carbocycles. The maximum absolute atomic E-state index is 6.18. The van der Waals surface area contributed by atoms with Crippen LogP contribution in [0.3, 0.4) is 0 Å². The molecule has 100 valence electrons. The van der Waals surface area contributed by atoms with Gasteiger partial charge in [-0.1, -0.05) is 6.07 Å². The molecular weight excluding hydrogens is 294 g/mol. The minimum atomic E-state index is 0.161. The summed E-state index contributed by atoms with van der Waals surface area (Å²) in [5.74, 6) is 0.853. The monoisotopic (exact) mass is 313 g/mol. The minimum absolute atomic E-state index is 0.161. The molecule has 0 spiro atoms. The van der Waals surface area contributed by atoms with Crippen LogP contribution in [0.1, 0.15) is 24.8 Å². The van der Waals surface area contributed by atoms with Crippen molar-refractivity contribution in [3.8, 4) is 5.75 Å². The summed E-state index contributed by atoms with van der Waals surface area (Å²) in [6, 6.07) is 6.28. The van der Waals surface area contributed by atoms with E-state index in [1.165, 1.54) is 12.0 Å². The van der Waals surface area contributed by atoms with Crippen LogP contribution in [0.2, 0.25) is 0 Å².